The fraction of sp³-hybridized carbons (Fsp3) is 0.316. The van der Waals surface area contributed by atoms with Crippen LogP contribution in [0.3, 0.4) is 0 Å². The first-order chi connectivity index (χ1) is 13.4. The summed E-state index contributed by atoms with van der Waals surface area (Å²) in [5, 5.41) is 8.63. The van der Waals surface area contributed by atoms with Gasteiger partial charge in [0.15, 0.2) is 11.5 Å². The topological polar surface area (TPSA) is 88.4 Å². The van der Waals surface area contributed by atoms with Crippen molar-refractivity contribution < 1.29 is 0 Å². The van der Waals surface area contributed by atoms with Gasteiger partial charge in [-0.15, -0.1) is 5.10 Å². The van der Waals surface area contributed by atoms with Gasteiger partial charge in [0.05, 0.1) is 12.5 Å². The second-order valence-corrected chi connectivity index (χ2v) is 6.92. The fourth-order valence-corrected chi connectivity index (χ4v) is 3.71. The van der Waals surface area contributed by atoms with Crippen LogP contribution in [0.2, 0.25) is 0 Å². The van der Waals surface area contributed by atoms with E-state index in [2.05, 4.69) is 47.3 Å². The van der Waals surface area contributed by atoms with E-state index in [-0.39, 0.29) is 0 Å². The fourth-order valence-electron chi connectivity index (χ4n) is 3.71. The molecule has 1 aliphatic heterocycles. The molecule has 0 spiro atoms. The summed E-state index contributed by atoms with van der Waals surface area (Å²) in [7, 11) is 0. The molecular formula is C19H20N8. The summed E-state index contributed by atoms with van der Waals surface area (Å²) >= 11 is 0. The quantitative estimate of drug-likeness (QED) is 0.602. The average molecular weight is 360 g/mol. The predicted molar refractivity (Wildman–Crippen MR) is 102 cm³/mol. The zero-order valence-electron chi connectivity index (χ0n) is 14.9. The standard InChI is InChI=1S/C19H20N8/c1-2-4-15(5-3-1)16-11-27(25-24-16)10-14-6-8-26(9-7-14)19-17-18(21-12-20-17)22-13-23-19/h1-5,11-14H,6-10H2,(H,20,21,22,23). The summed E-state index contributed by atoms with van der Waals surface area (Å²) in [5.74, 6) is 1.54. The molecule has 27 heavy (non-hydrogen) atoms. The molecule has 0 amide bonds. The minimum Gasteiger partial charge on any atom is -0.355 e. The van der Waals surface area contributed by atoms with Crippen molar-refractivity contribution in [1.29, 1.82) is 0 Å². The van der Waals surface area contributed by atoms with Gasteiger partial charge in [-0.05, 0) is 18.8 Å². The number of H-pyrrole nitrogens is 1. The van der Waals surface area contributed by atoms with E-state index in [0.29, 0.717) is 5.92 Å². The van der Waals surface area contributed by atoms with Crippen LogP contribution < -0.4 is 4.90 Å². The summed E-state index contributed by atoms with van der Waals surface area (Å²) in [6, 6.07) is 10.2. The lowest BCUT2D eigenvalue weighted by molar-refractivity contribution is 0.338. The van der Waals surface area contributed by atoms with Gasteiger partial charge in [0.2, 0.25) is 0 Å². The van der Waals surface area contributed by atoms with E-state index in [9.17, 15) is 0 Å². The molecule has 8 heteroatoms. The summed E-state index contributed by atoms with van der Waals surface area (Å²) in [6.45, 7) is 2.84. The highest BCUT2D eigenvalue weighted by atomic mass is 15.4. The first kappa shape index (κ1) is 15.9. The van der Waals surface area contributed by atoms with E-state index in [4.69, 9.17) is 0 Å². The van der Waals surface area contributed by atoms with Crippen molar-refractivity contribution in [2.75, 3.05) is 18.0 Å². The summed E-state index contributed by atoms with van der Waals surface area (Å²) < 4.78 is 1.97. The maximum atomic E-state index is 4.46. The second kappa shape index (κ2) is 6.79. The molecular weight excluding hydrogens is 340 g/mol. The van der Waals surface area contributed by atoms with Crippen LogP contribution in [0.5, 0.6) is 0 Å². The average Bonchev–Trinajstić information content (AvgIpc) is 3.38. The zero-order valence-corrected chi connectivity index (χ0v) is 14.9. The Balaban J connectivity index is 1.24. The predicted octanol–water partition coefficient (Wildman–Crippen LogP) is 2.53. The Kier molecular flexibility index (Phi) is 4.00. The number of nitrogens with one attached hydrogen (secondary N) is 1. The highest BCUT2D eigenvalue weighted by Gasteiger charge is 2.23. The van der Waals surface area contributed by atoms with Crippen molar-refractivity contribution in [3.63, 3.8) is 0 Å². The molecule has 8 nitrogen and oxygen atoms in total. The molecule has 4 heterocycles. The molecule has 1 saturated heterocycles. The van der Waals surface area contributed by atoms with Gasteiger partial charge in [-0.1, -0.05) is 35.5 Å². The number of aromatic amines is 1. The molecule has 1 aromatic carbocycles. The molecule has 5 rings (SSSR count). The number of hydrogen-bond acceptors (Lipinski definition) is 6. The SMILES string of the molecule is c1ccc(-c2cn(CC3CCN(c4ncnc5nc[nH]c45)CC3)nn2)cc1. The zero-order chi connectivity index (χ0) is 18.1. The molecule has 0 unspecified atom stereocenters. The number of anilines is 1. The Labute approximate surface area is 156 Å². The number of benzene rings is 1. The van der Waals surface area contributed by atoms with Gasteiger partial charge < -0.3 is 9.88 Å². The third-order valence-corrected chi connectivity index (χ3v) is 5.17. The van der Waals surface area contributed by atoms with Crippen molar-refractivity contribution in [2.45, 2.75) is 19.4 Å². The van der Waals surface area contributed by atoms with Crippen LogP contribution in [0, 0.1) is 5.92 Å². The molecule has 1 aliphatic rings. The van der Waals surface area contributed by atoms with E-state index < -0.39 is 0 Å². The Morgan fingerprint density at radius 3 is 2.74 bits per heavy atom. The minimum absolute atomic E-state index is 0.589. The Morgan fingerprint density at radius 2 is 1.89 bits per heavy atom. The first-order valence-corrected chi connectivity index (χ1v) is 9.21. The van der Waals surface area contributed by atoms with Gasteiger partial charge in [-0.25, -0.2) is 15.0 Å². The summed E-state index contributed by atoms with van der Waals surface area (Å²) in [5.41, 5.74) is 3.67. The molecule has 136 valence electrons. The summed E-state index contributed by atoms with van der Waals surface area (Å²) in [4.78, 5) is 18.4. The minimum atomic E-state index is 0.589. The van der Waals surface area contributed by atoms with Crippen molar-refractivity contribution >= 4 is 17.0 Å². The van der Waals surface area contributed by atoms with Gasteiger partial charge in [0, 0.05) is 25.2 Å². The molecule has 1 fully saturated rings. The molecule has 1 N–H and O–H groups in total. The van der Waals surface area contributed by atoms with Crippen LogP contribution in [0.25, 0.3) is 22.4 Å². The Hall–Kier alpha value is -3.29. The molecule has 0 atom stereocenters. The monoisotopic (exact) mass is 360 g/mol. The highest BCUT2D eigenvalue weighted by molar-refractivity contribution is 5.82. The largest absolute Gasteiger partial charge is 0.355 e. The number of fused-ring (bicyclic) bond motifs is 1. The van der Waals surface area contributed by atoms with Crippen LogP contribution in [0.1, 0.15) is 12.8 Å². The second-order valence-electron chi connectivity index (χ2n) is 6.92. The van der Waals surface area contributed by atoms with Gasteiger partial charge >= 0.3 is 0 Å². The maximum Gasteiger partial charge on any atom is 0.182 e. The maximum absolute atomic E-state index is 4.46. The third kappa shape index (κ3) is 3.14. The Bertz CT molecular complexity index is 1030. The third-order valence-electron chi connectivity index (χ3n) is 5.17. The molecule has 3 aromatic heterocycles. The smallest absolute Gasteiger partial charge is 0.182 e. The summed E-state index contributed by atoms with van der Waals surface area (Å²) in [6.07, 6.45) is 7.50. The van der Waals surface area contributed by atoms with Gasteiger partial charge in [0.25, 0.3) is 0 Å². The number of aromatic nitrogens is 7. The van der Waals surface area contributed by atoms with Crippen molar-refractivity contribution in [3.05, 3.63) is 49.2 Å². The molecule has 0 aliphatic carbocycles. The van der Waals surface area contributed by atoms with E-state index in [0.717, 1.165) is 60.7 Å². The van der Waals surface area contributed by atoms with Gasteiger partial charge in [0.1, 0.15) is 17.5 Å². The van der Waals surface area contributed by atoms with Crippen molar-refractivity contribution in [3.8, 4) is 11.3 Å². The lowest BCUT2D eigenvalue weighted by atomic mass is 9.97. The molecule has 4 aromatic rings. The van der Waals surface area contributed by atoms with Crippen LogP contribution in [0.15, 0.2) is 49.2 Å². The highest BCUT2D eigenvalue weighted by Crippen LogP contribution is 2.26. The number of nitrogens with zero attached hydrogens (tertiary/aromatic N) is 7. The lowest BCUT2D eigenvalue weighted by Gasteiger charge is -2.32. The number of rotatable bonds is 4. The van der Waals surface area contributed by atoms with E-state index in [1.165, 1.54) is 0 Å². The number of imidazole rings is 1. The first-order valence-electron chi connectivity index (χ1n) is 9.21. The van der Waals surface area contributed by atoms with Gasteiger partial charge in [-0.2, -0.15) is 0 Å². The lowest BCUT2D eigenvalue weighted by Crippen LogP contribution is -2.35. The normalized spacial score (nSPS) is 15.5. The number of piperidine rings is 1. The number of hydrogen-bond donors (Lipinski definition) is 1. The Morgan fingerprint density at radius 1 is 1.04 bits per heavy atom. The van der Waals surface area contributed by atoms with E-state index in [1.54, 1.807) is 12.7 Å². The van der Waals surface area contributed by atoms with E-state index in [1.807, 2.05) is 29.1 Å². The van der Waals surface area contributed by atoms with Gasteiger partial charge in [-0.3, -0.25) is 4.68 Å². The van der Waals surface area contributed by atoms with Crippen LogP contribution >= 0.6 is 0 Å². The molecule has 0 bridgehead atoms. The van der Waals surface area contributed by atoms with Crippen molar-refractivity contribution in [2.24, 2.45) is 5.92 Å². The van der Waals surface area contributed by atoms with E-state index >= 15 is 0 Å². The molecule has 0 radical (unpaired) electrons. The van der Waals surface area contributed by atoms with Crippen molar-refractivity contribution in [1.82, 2.24) is 34.9 Å². The molecule has 0 saturated carbocycles. The van der Waals surface area contributed by atoms with Crippen LogP contribution in [-0.4, -0.2) is 48.0 Å². The van der Waals surface area contributed by atoms with Crippen LogP contribution in [0.4, 0.5) is 5.82 Å². The van der Waals surface area contributed by atoms with Crippen LogP contribution in [-0.2, 0) is 6.54 Å².